The Morgan fingerprint density at radius 2 is 2.05 bits per heavy atom. The van der Waals surface area contributed by atoms with Crippen LogP contribution in [0.4, 0.5) is 4.39 Å². The number of carboxylic acid groups (broad SMARTS) is 1. The van der Waals surface area contributed by atoms with Gasteiger partial charge in [0.05, 0.1) is 0 Å². The maximum absolute atomic E-state index is 13.4. The summed E-state index contributed by atoms with van der Waals surface area (Å²) in [4.78, 5) is 22.1. The lowest BCUT2D eigenvalue weighted by Gasteiger charge is -2.12. The monoisotopic (exact) mass is 281 g/mol. The number of nitrogens with one attached hydrogen (secondary N) is 1. The molecule has 4 nitrogen and oxygen atoms in total. The average Bonchev–Trinajstić information content (AvgIpc) is 2.42. The van der Waals surface area contributed by atoms with Gasteiger partial charge in [-0.05, 0) is 30.9 Å². The Balaban J connectivity index is 2.28. The number of rotatable bonds is 8. The number of carbonyl (C=O) groups is 2. The summed E-state index contributed by atoms with van der Waals surface area (Å²) in [5.41, 5.74) is 0.609. The van der Waals surface area contributed by atoms with Crippen LogP contribution in [0.5, 0.6) is 0 Å². The maximum atomic E-state index is 13.4. The van der Waals surface area contributed by atoms with Gasteiger partial charge in [0.25, 0.3) is 0 Å². The van der Waals surface area contributed by atoms with Crippen LogP contribution in [0.15, 0.2) is 24.3 Å². The number of hydrogen-bond donors (Lipinski definition) is 2. The Morgan fingerprint density at radius 1 is 1.35 bits per heavy atom. The molecule has 1 amide bonds. The highest BCUT2D eigenvalue weighted by Crippen LogP contribution is 2.13. The summed E-state index contributed by atoms with van der Waals surface area (Å²) in [7, 11) is 0. The fourth-order valence-corrected chi connectivity index (χ4v) is 1.83. The van der Waals surface area contributed by atoms with Crippen LogP contribution in [0.25, 0.3) is 0 Å². The van der Waals surface area contributed by atoms with Crippen molar-refractivity contribution in [1.29, 1.82) is 0 Å². The quantitative estimate of drug-likeness (QED) is 0.719. The van der Waals surface area contributed by atoms with Crippen molar-refractivity contribution >= 4 is 11.9 Å². The molecule has 20 heavy (non-hydrogen) atoms. The Labute approximate surface area is 118 Å². The van der Waals surface area contributed by atoms with Crippen molar-refractivity contribution in [3.05, 3.63) is 35.6 Å². The second kappa shape index (κ2) is 8.30. The van der Waals surface area contributed by atoms with Gasteiger partial charge in [-0.25, -0.2) is 4.39 Å². The van der Waals surface area contributed by atoms with Crippen LogP contribution in [0.3, 0.4) is 0 Å². The molecule has 0 aliphatic rings. The predicted octanol–water partition coefficient (Wildman–Crippen LogP) is 2.38. The summed E-state index contributed by atoms with van der Waals surface area (Å²) < 4.78 is 13.4. The highest BCUT2D eigenvalue weighted by molar-refractivity contribution is 5.78. The molecule has 0 bridgehead atoms. The van der Waals surface area contributed by atoms with E-state index in [0.717, 1.165) is 0 Å². The molecule has 0 radical (unpaired) electrons. The molecule has 1 rings (SSSR count). The van der Waals surface area contributed by atoms with Gasteiger partial charge in [-0.2, -0.15) is 0 Å². The van der Waals surface area contributed by atoms with Crippen molar-refractivity contribution in [2.75, 3.05) is 6.54 Å². The molecule has 0 aliphatic heterocycles. The largest absolute Gasteiger partial charge is 0.481 e. The van der Waals surface area contributed by atoms with Gasteiger partial charge < -0.3 is 10.4 Å². The van der Waals surface area contributed by atoms with E-state index < -0.39 is 5.97 Å². The van der Waals surface area contributed by atoms with Crippen LogP contribution >= 0.6 is 0 Å². The Hall–Kier alpha value is -1.91. The lowest BCUT2D eigenvalue weighted by molar-refractivity contribution is -0.137. The second-order valence-corrected chi connectivity index (χ2v) is 4.82. The number of aliphatic carboxylic acids is 1. The molecular formula is C15H20FNO3. The van der Waals surface area contributed by atoms with Crippen LogP contribution in [0, 0.1) is 11.7 Å². The van der Waals surface area contributed by atoms with Crippen molar-refractivity contribution in [2.24, 2.45) is 5.92 Å². The van der Waals surface area contributed by atoms with E-state index >= 15 is 0 Å². The van der Waals surface area contributed by atoms with Crippen LogP contribution < -0.4 is 5.32 Å². The molecule has 5 heteroatoms. The third-order valence-electron chi connectivity index (χ3n) is 3.12. The van der Waals surface area contributed by atoms with E-state index in [-0.39, 0.29) is 24.1 Å². The fourth-order valence-electron chi connectivity index (χ4n) is 1.83. The third kappa shape index (κ3) is 5.82. The maximum Gasteiger partial charge on any atom is 0.303 e. The molecule has 0 aliphatic carbocycles. The lowest BCUT2D eigenvalue weighted by atomic mass is 10.00. The molecule has 0 saturated carbocycles. The number of amides is 1. The summed E-state index contributed by atoms with van der Waals surface area (Å²) in [6.07, 6.45) is 1.53. The van der Waals surface area contributed by atoms with E-state index in [0.29, 0.717) is 31.4 Å². The van der Waals surface area contributed by atoms with E-state index in [9.17, 15) is 14.0 Å². The molecule has 1 aromatic rings. The molecule has 0 saturated heterocycles. The van der Waals surface area contributed by atoms with Crippen LogP contribution in [0.1, 0.15) is 31.7 Å². The topological polar surface area (TPSA) is 66.4 Å². The zero-order valence-electron chi connectivity index (χ0n) is 11.6. The minimum Gasteiger partial charge on any atom is -0.481 e. The summed E-state index contributed by atoms with van der Waals surface area (Å²) in [5, 5.41) is 11.2. The van der Waals surface area contributed by atoms with Crippen LogP contribution in [0.2, 0.25) is 0 Å². The molecule has 1 unspecified atom stereocenters. The smallest absolute Gasteiger partial charge is 0.303 e. The highest BCUT2D eigenvalue weighted by Gasteiger charge is 2.13. The van der Waals surface area contributed by atoms with Crippen LogP contribution in [-0.2, 0) is 16.0 Å². The summed E-state index contributed by atoms with van der Waals surface area (Å²) in [6.45, 7) is 2.14. The number of carbonyl (C=O) groups excluding carboxylic acids is 1. The second-order valence-electron chi connectivity index (χ2n) is 4.82. The van der Waals surface area contributed by atoms with Gasteiger partial charge in [-0.1, -0.05) is 25.1 Å². The minimum absolute atomic E-state index is 0.0455. The molecule has 0 fully saturated rings. The average molecular weight is 281 g/mol. The van der Waals surface area contributed by atoms with E-state index in [1.807, 2.05) is 0 Å². The molecule has 2 N–H and O–H groups in total. The van der Waals surface area contributed by atoms with Gasteiger partial charge >= 0.3 is 5.97 Å². The number of hydrogen-bond acceptors (Lipinski definition) is 2. The summed E-state index contributed by atoms with van der Waals surface area (Å²) in [6, 6.07) is 6.53. The SMILES string of the molecule is CC(CCc1ccccc1F)C(=O)NCCCC(=O)O. The van der Waals surface area contributed by atoms with Crippen molar-refractivity contribution in [1.82, 2.24) is 5.32 Å². The first-order chi connectivity index (χ1) is 9.50. The Morgan fingerprint density at radius 3 is 2.70 bits per heavy atom. The third-order valence-corrected chi connectivity index (χ3v) is 3.12. The van der Waals surface area contributed by atoms with Gasteiger partial charge in [-0.15, -0.1) is 0 Å². The first-order valence-corrected chi connectivity index (χ1v) is 6.73. The van der Waals surface area contributed by atoms with Crippen LogP contribution in [-0.4, -0.2) is 23.5 Å². The Bertz CT molecular complexity index is 462. The normalized spacial score (nSPS) is 11.9. The summed E-state index contributed by atoms with van der Waals surface area (Å²) in [5.74, 6) is -1.46. The molecular weight excluding hydrogens is 261 g/mol. The Kier molecular flexibility index (Phi) is 6.70. The van der Waals surface area contributed by atoms with Crippen molar-refractivity contribution in [2.45, 2.75) is 32.6 Å². The van der Waals surface area contributed by atoms with Gasteiger partial charge in [0.2, 0.25) is 5.91 Å². The zero-order chi connectivity index (χ0) is 15.0. The highest BCUT2D eigenvalue weighted by atomic mass is 19.1. The van der Waals surface area contributed by atoms with Crippen molar-refractivity contribution < 1.29 is 19.1 Å². The van der Waals surface area contributed by atoms with Gasteiger partial charge in [-0.3, -0.25) is 9.59 Å². The van der Waals surface area contributed by atoms with Gasteiger partial charge in [0.15, 0.2) is 0 Å². The van der Waals surface area contributed by atoms with Gasteiger partial charge in [0, 0.05) is 18.9 Å². The number of benzene rings is 1. The molecule has 1 aromatic carbocycles. The fraction of sp³-hybridized carbons (Fsp3) is 0.467. The number of halogens is 1. The predicted molar refractivity (Wildman–Crippen MR) is 73.8 cm³/mol. The first-order valence-electron chi connectivity index (χ1n) is 6.73. The first kappa shape index (κ1) is 16.1. The molecule has 0 spiro atoms. The van der Waals surface area contributed by atoms with E-state index in [4.69, 9.17) is 5.11 Å². The van der Waals surface area contributed by atoms with Crippen molar-refractivity contribution in [3.63, 3.8) is 0 Å². The van der Waals surface area contributed by atoms with E-state index in [1.54, 1.807) is 25.1 Å². The molecule has 0 aromatic heterocycles. The standard InChI is InChI=1S/C15H20FNO3/c1-11(15(20)17-10-4-7-14(18)19)8-9-12-5-2-3-6-13(12)16/h2-3,5-6,11H,4,7-10H2,1H3,(H,17,20)(H,18,19). The number of carboxylic acids is 1. The van der Waals surface area contributed by atoms with E-state index in [1.165, 1.54) is 6.07 Å². The summed E-state index contributed by atoms with van der Waals surface area (Å²) >= 11 is 0. The lowest BCUT2D eigenvalue weighted by Crippen LogP contribution is -2.30. The molecule has 0 heterocycles. The number of aryl methyl sites for hydroxylation is 1. The van der Waals surface area contributed by atoms with E-state index in [2.05, 4.69) is 5.32 Å². The molecule has 110 valence electrons. The van der Waals surface area contributed by atoms with Gasteiger partial charge in [0.1, 0.15) is 5.82 Å². The minimum atomic E-state index is -0.869. The molecule has 1 atom stereocenters. The zero-order valence-corrected chi connectivity index (χ0v) is 11.6. The van der Waals surface area contributed by atoms with Crippen molar-refractivity contribution in [3.8, 4) is 0 Å².